The number of benzene rings is 1. The van der Waals surface area contributed by atoms with E-state index in [0.717, 1.165) is 23.1 Å². The van der Waals surface area contributed by atoms with E-state index in [4.69, 9.17) is 4.74 Å². The van der Waals surface area contributed by atoms with Crippen molar-refractivity contribution in [2.24, 2.45) is 0 Å². The zero-order valence-electron chi connectivity index (χ0n) is 13.9. The average molecular weight is 432 g/mol. The van der Waals surface area contributed by atoms with Crippen LogP contribution in [-0.4, -0.2) is 22.8 Å². The number of methoxy groups -OCH3 is 1. The summed E-state index contributed by atoms with van der Waals surface area (Å²) in [4.78, 5) is 12.2. The van der Waals surface area contributed by atoms with Crippen molar-refractivity contribution in [1.29, 1.82) is 0 Å². The van der Waals surface area contributed by atoms with Gasteiger partial charge in [0, 0.05) is 18.0 Å². The van der Waals surface area contributed by atoms with Crippen LogP contribution in [0.25, 0.3) is 0 Å². The number of para-hydroxylation sites is 1. The van der Waals surface area contributed by atoms with Gasteiger partial charge in [0.1, 0.15) is 12.3 Å². The number of halogens is 4. The van der Waals surface area contributed by atoms with Crippen molar-refractivity contribution >= 4 is 21.8 Å². The Kier molecular flexibility index (Phi) is 5.27. The number of nitrogens with zero attached hydrogens (tertiary/aromatic N) is 2. The van der Waals surface area contributed by atoms with E-state index in [-0.39, 0.29) is 23.5 Å². The summed E-state index contributed by atoms with van der Waals surface area (Å²) in [7, 11) is 1.53. The fourth-order valence-corrected chi connectivity index (χ4v) is 3.57. The van der Waals surface area contributed by atoms with Crippen LogP contribution in [0.1, 0.15) is 35.7 Å². The quantitative estimate of drug-likeness (QED) is 0.755. The maximum atomic E-state index is 13.1. The molecule has 5 nitrogen and oxygen atoms in total. The highest BCUT2D eigenvalue weighted by atomic mass is 79.9. The average Bonchev–Trinajstić information content (AvgIpc) is 3.36. The molecule has 1 aromatic heterocycles. The first-order chi connectivity index (χ1) is 12.3. The van der Waals surface area contributed by atoms with Gasteiger partial charge in [-0.1, -0.05) is 18.2 Å². The fraction of sp³-hybridized carbons (Fsp3) is 0.412. The number of ether oxygens (including phenoxy) is 1. The summed E-state index contributed by atoms with van der Waals surface area (Å²) in [6.45, 7) is -0.0498. The van der Waals surface area contributed by atoms with E-state index in [9.17, 15) is 18.0 Å². The normalized spacial score (nSPS) is 14.3. The van der Waals surface area contributed by atoms with Gasteiger partial charge in [-0.2, -0.15) is 18.3 Å². The van der Waals surface area contributed by atoms with E-state index in [1.165, 1.54) is 7.11 Å². The van der Waals surface area contributed by atoms with E-state index in [0.29, 0.717) is 11.4 Å². The van der Waals surface area contributed by atoms with Crippen LogP contribution in [0, 0.1) is 0 Å². The maximum Gasteiger partial charge on any atom is 0.436 e. The summed E-state index contributed by atoms with van der Waals surface area (Å²) < 4.78 is 45.6. The number of carbonyl (C=O) groups excluding carboxylic acids is 1. The van der Waals surface area contributed by atoms with Crippen LogP contribution < -0.4 is 10.1 Å². The highest BCUT2D eigenvalue weighted by molar-refractivity contribution is 9.10. The van der Waals surface area contributed by atoms with Gasteiger partial charge < -0.3 is 10.1 Å². The minimum absolute atomic E-state index is 0.00925. The van der Waals surface area contributed by atoms with Crippen molar-refractivity contribution in [2.45, 2.75) is 38.0 Å². The molecule has 3 rings (SSSR count). The lowest BCUT2D eigenvalue weighted by molar-refractivity contribution is -0.142. The van der Waals surface area contributed by atoms with Crippen molar-refractivity contribution < 1.29 is 22.7 Å². The lowest BCUT2D eigenvalue weighted by Gasteiger charge is -2.11. The second-order valence-electron chi connectivity index (χ2n) is 6.07. The molecule has 1 heterocycles. The van der Waals surface area contributed by atoms with Crippen LogP contribution in [0.4, 0.5) is 13.2 Å². The smallest absolute Gasteiger partial charge is 0.436 e. The van der Waals surface area contributed by atoms with E-state index in [1.807, 2.05) is 12.1 Å². The van der Waals surface area contributed by atoms with Crippen molar-refractivity contribution in [3.05, 3.63) is 45.7 Å². The molecule has 2 aromatic rings. The van der Waals surface area contributed by atoms with Crippen LogP contribution in [-0.2, 0) is 24.1 Å². The number of carbonyl (C=O) groups is 1. The maximum absolute atomic E-state index is 13.1. The van der Waals surface area contributed by atoms with Gasteiger partial charge in [0.25, 0.3) is 0 Å². The molecule has 0 atom stereocenters. The Morgan fingerprint density at radius 1 is 1.38 bits per heavy atom. The fourth-order valence-electron chi connectivity index (χ4n) is 2.74. The Bertz CT molecular complexity index is 816. The first-order valence-corrected chi connectivity index (χ1v) is 8.82. The SMILES string of the molecule is COc1ccccc1CNC(=O)Cn1nc(C(F)(F)F)c(Br)c1C1CC1. The van der Waals surface area contributed by atoms with Crippen LogP contribution in [0.2, 0.25) is 0 Å². The molecule has 0 unspecified atom stereocenters. The van der Waals surface area contributed by atoms with Crippen molar-refractivity contribution in [2.75, 3.05) is 7.11 Å². The Hall–Kier alpha value is -2.03. The molecule has 0 bridgehead atoms. The van der Waals surface area contributed by atoms with Gasteiger partial charge in [-0.05, 0) is 34.8 Å². The molecular formula is C17H17BrF3N3O2. The Morgan fingerprint density at radius 3 is 2.69 bits per heavy atom. The summed E-state index contributed by atoms with van der Waals surface area (Å²) >= 11 is 3.01. The predicted octanol–water partition coefficient (Wildman–Crippen LogP) is 3.87. The molecule has 0 saturated heterocycles. The Morgan fingerprint density at radius 2 is 2.08 bits per heavy atom. The summed E-state index contributed by atoms with van der Waals surface area (Å²) in [6.07, 6.45) is -2.98. The number of hydrogen-bond acceptors (Lipinski definition) is 3. The summed E-state index contributed by atoms with van der Waals surface area (Å²) in [6, 6.07) is 7.20. The van der Waals surface area contributed by atoms with E-state index < -0.39 is 17.8 Å². The summed E-state index contributed by atoms with van der Waals surface area (Å²) in [5.74, 6) is 0.226. The molecule has 0 radical (unpaired) electrons. The topological polar surface area (TPSA) is 56.1 Å². The molecule has 1 amide bonds. The van der Waals surface area contributed by atoms with E-state index in [1.54, 1.807) is 12.1 Å². The molecule has 1 aromatic carbocycles. The molecular weight excluding hydrogens is 415 g/mol. The van der Waals surface area contributed by atoms with Crippen LogP contribution >= 0.6 is 15.9 Å². The van der Waals surface area contributed by atoms with Crippen LogP contribution in [0.3, 0.4) is 0 Å². The zero-order valence-corrected chi connectivity index (χ0v) is 15.5. The first-order valence-electron chi connectivity index (χ1n) is 8.03. The number of amides is 1. The zero-order chi connectivity index (χ0) is 18.9. The molecule has 9 heteroatoms. The minimum Gasteiger partial charge on any atom is -0.496 e. The van der Waals surface area contributed by atoms with Crippen LogP contribution in [0.15, 0.2) is 28.7 Å². The number of alkyl halides is 3. The van der Waals surface area contributed by atoms with Gasteiger partial charge in [0.15, 0.2) is 5.69 Å². The highest BCUT2D eigenvalue weighted by Gasteiger charge is 2.41. The molecule has 1 fully saturated rings. The molecule has 26 heavy (non-hydrogen) atoms. The third kappa shape index (κ3) is 4.03. The van der Waals surface area contributed by atoms with Crippen LogP contribution in [0.5, 0.6) is 5.75 Å². The highest BCUT2D eigenvalue weighted by Crippen LogP contribution is 2.46. The molecule has 1 aliphatic rings. The Balaban J connectivity index is 1.73. The summed E-state index contributed by atoms with van der Waals surface area (Å²) in [5.41, 5.74) is 0.227. The second-order valence-corrected chi connectivity index (χ2v) is 6.86. The molecule has 0 aliphatic heterocycles. The van der Waals surface area contributed by atoms with Crippen molar-refractivity contribution in [3.63, 3.8) is 0 Å². The summed E-state index contributed by atoms with van der Waals surface area (Å²) in [5, 5.41) is 6.33. The van der Waals surface area contributed by atoms with E-state index in [2.05, 4.69) is 26.3 Å². The number of rotatable bonds is 6. The number of hydrogen-bond donors (Lipinski definition) is 1. The largest absolute Gasteiger partial charge is 0.496 e. The van der Waals surface area contributed by atoms with Crippen molar-refractivity contribution in [3.8, 4) is 5.75 Å². The third-order valence-electron chi connectivity index (χ3n) is 4.13. The van der Waals surface area contributed by atoms with Gasteiger partial charge in [0.05, 0.1) is 17.3 Å². The standard InChI is InChI=1S/C17H17BrF3N3O2/c1-26-12-5-3-2-4-11(12)8-22-13(25)9-24-15(10-6-7-10)14(18)16(23-24)17(19,20)21/h2-5,10H,6-9H2,1H3,(H,22,25). The second kappa shape index (κ2) is 7.30. The first kappa shape index (κ1) is 18.8. The Labute approximate surface area is 156 Å². The van der Waals surface area contributed by atoms with E-state index >= 15 is 0 Å². The lowest BCUT2D eigenvalue weighted by atomic mass is 10.2. The number of nitrogens with one attached hydrogen (secondary N) is 1. The minimum atomic E-state index is -4.57. The van der Waals surface area contributed by atoms with Gasteiger partial charge >= 0.3 is 6.18 Å². The van der Waals surface area contributed by atoms with Gasteiger partial charge in [-0.25, -0.2) is 0 Å². The molecule has 140 valence electrons. The molecule has 1 aliphatic carbocycles. The predicted molar refractivity (Wildman–Crippen MR) is 91.7 cm³/mol. The molecule has 1 saturated carbocycles. The lowest BCUT2D eigenvalue weighted by Crippen LogP contribution is -2.28. The van der Waals surface area contributed by atoms with Crippen molar-refractivity contribution in [1.82, 2.24) is 15.1 Å². The molecule has 0 spiro atoms. The third-order valence-corrected chi connectivity index (χ3v) is 4.91. The van der Waals surface area contributed by atoms with Gasteiger partial charge in [-0.3, -0.25) is 9.48 Å². The van der Waals surface area contributed by atoms with Gasteiger partial charge in [-0.15, -0.1) is 0 Å². The number of aromatic nitrogens is 2. The monoisotopic (exact) mass is 431 g/mol. The molecule has 1 N–H and O–H groups in total. The van der Waals surface area contributed by atoms with Gasteiger partial charge in [0.2, 0.25) is 5.91 Å².